The van der Waals surface area contributed by atoms with E-state index in [0.29, 0.717) is 12.2 Å². The number of ketones is 1. The van der Waals surface area contributed by atoms with Gasteiger partial charge in [-0.25, -0.2) is 0 Å². The van der Waals surface area contributed by atoms with Crippen LogP contribution in [-0.4, -0.2) is 26.5 Å². The SMILES string of the molecule is CC1=C2C(=O)C[C@@H](O[Si](C)(C)C(C)(C)C)C23C=CO[C@H]3O1. The number of hydrogen-bond acceptors (Lipinski definition) is 4. The van der Waals surface area contributed by atoms with E-state index in [0.717, 1.165) is 5.57 Å². The highest BCUT2D eigenvalue weighted by Crippen LogP contribution is 2.57. The number of Topliss-reactive ketones (excluding diaryl/α,β-unsaturated/α-hetero) is 1. The predicted molar refractivity (Wildman–Crippen MR) is 81.9 cm³/mol. The van der Waals surface area contributed by atoms with Gasteiger partial charge in [-0.3, -0.25) is 4.79 Å². The van der Waals surface area contributed by atoms with Crippen molar-refractivity contribution < 1.29 is 18.7 Å². The lowest BCUT2D eigenvalue weighted by Gasteiger charge is -2.41. The van der Waals surface area contributed by atoms with E-state index in [-0.39, 0.29) is 16.9 Å². The van der Waals surface area contributed by atoms with Gasteiger partial charge in [0.25, 0.3) is 6.29 Å². The predicted octanol–water partition coefficient (Wildman–Crippen LogP) is 3.51. The molecule has 1 spiro atoms. The van der Waals surface area contributed by atoms with E-state index < -0.39 is 20.0 Å². The first-order chi connectivity index (χ1) is 9.59. The van der Waals surface area contributed by atoms with Gasteiger partial charge in [-0.05, 0) is 31.1 Å². The molecule has 4 nitrogen and oxygen atoms in total. The lowest BCUT2D eigenvalue weighted by molar-refractivity contribution is -0.116. The Morgan fingerprint density at radius 1 is 1.38 bits per heavy atom. The molecule has 2 heterocycles. The Balaban J connectivity index is 1.99. The highest BCUT2D eigenvalue weighted by Gasteiger charge is 2.65. The summed E-state index contributed by atoms with van der Waals surface area (Å²) in [5, 5.41) is 0.104. The van der Waals surface area contributed by atoms with E-state index in [2.05, 4.69) is 33.9 Å². The Hall–Kier alpha value is -1.07. The van der Waals surface area contributed by atoms with E-state index >= 15 is 0 Å². The molecular weight excluding hydrogens is 284 g/mol. The summed E-state index contributed by atoms with van der Waals surface area (Å²) in [6.07, 6.45) is 3.42. The third-order valence-electron chi connectivity index (χ3n) is 5.43. The maximum atomic E-state index is 12.5. The molecule has 1 unspecified atom stereocenters. The summed E-state index contributed by atoms with van der Waals surface area (Å²) in [5.41, 5.74) is 0.224. The molecule has 1 saturated carbocycles. The first-order valence-electron chi connectivity index (χ1n) is 7.52. The molecule has 2 aliphatic heterocycles. The van der Waals surface area contributed by atoms with Crippen molar-refractivity contribution in [3.63, 3.8) is 0 Å². The molecule has 0 radical (unpaired) electrons. The van der Waals surface area contributed by atoms with E-state index in [9.17, 15) is 4.79 Å². The molecule has 116 valence electrons. The molecule has 1 fully saturated rings. The zero-order chi connectivity index (χ0) is 15.6. The highest BCUT2D eigenvalue weighted by molar-refractivity contribution is 6.74. The smallest absolute Gasteiger partial charge is 0.255 e. The van der Waals surface area contributed by atoms with Crippen LogP contribution >= 0.6 is 0 Å². The fraction of sp³-hybridized carbons (Fsp3) is 0.688. The second-order valence-corrected chi connectivity index (χ2v) is 12.5. The van der Waals surface area contributed by atoms with Crippen LogP contribution in [0.15, 0.2) is 23.7 Å². The van der Waals surface area contributed by atoms with E-state index in [1.54, 1.807) is 6.26 Å². The normalized spacial score (nSPS) is 34.9. The van der Waals surface area contributed by atoms with E-state index in [1.807, 2.05) is 13.0 Å². The van der Waals surface area contributed by atoms with E-state index in [1.165, 1.54) is 0 Å². The number of hydrogen-bond donors (Lipinski definition) is 0. The summed E-state index contributed by atoms with van der Waals surface area (Å²) in [4.78, 5) is 12.5. The zero-order valence-corrected chi connectivity index (χ0v) is 14.6. The monoisotopic (exact) mass is 308 g/mol. The van der Waals surface area contributed by atoms with Crippen LogP contribution in [-0.2, 0) is 18.7 Å². The molecule has 0 aromatic heterocycles. The molecule has 3 rings (SSSR count). The Kier molecular flexibility index (Phi) is 2.99. The van der Waals surface area contributed by atoms with Gasteiger partial charge in [0.1, 0.15) is 11.2 Å². The Bertz CT molecular complexity index is 555. The van der Waals surface area contributed by atoms with Crippen molar-refractivity contribution in [3.05, 3.63) is 23.7 Å². The van der Waals surface area contributed by atoms with Gasteiger partial charge in [-0.15, -0.1) is 0 Å². The molecule has 3 atom stereocenters. The van der Waals surface area contributed by atoms with Gasteiger partial charge in [-0.2, -0.15) is 0 Å². The minimum atomic E-state index is -1.97. The second kappa shape index (κ2) is 4.23. The largest absolute Gasteiger partial charge is 0.461 e. The van der Waals surface area contributed by atoms with Gasteiger partial charge in [0.2, 0.25) is 0 Å². The molecule has 0 saturated heterocycles. The Morgan fingerprint density at radius 3 is 2.67 bits per heavy atom. The van der Waals surface area contributed by atoms with Gasteiger partial charge >= 0.3 is 0 Å². The highest BCUT2D eigenvalue weighted by atomic mass is 28.4. The Labute approximate surface area is 127 Å². The fourth-order valence-corrected chi connectivity index (χ4v) is 4.58. The lowest BCUT2D eigenvalue weighted by atomic mass is 9.81. The van der Waals surface area contributed by atoms with Crippen LogP contribution in [0, 0.1) is 5.41 Å². The number of allylic oxidation sites excluding steroid dienone is 1. The van der Waals surface area contributed by atoms with Crippen molar-refractivity contribution >= 4 is 14.1 Å². The quantitative estimate of drug-likeness (QED) is 0.732. The second-order valence-electron chi connectivity index (χ2n) is 7.75. The fourth-order valence-electron chi connectivity index (χ4n) is 3.23. The molecular formula is C16H24O4Si. The standard InChI is InChI=1S/C16H24O4Si/c1-10-13-11(17)9-12(20-21(5,6)15(2,3)4)16(13)7-8-18-14(16)19-10/h7-8,12,14H,9H2,1-6H3/t12-,14+,16?/m1/s1. The van der Waals surface area contributed by atoms with Gasteiger partial charge < -0.3 is 13.9 Å². The third-order valence-corrected chi connectivity index (χ3v) is 9.92. The Morgan fingerprint density at radius 2 is 2.05 bits per heavy atom. The minimum absolute atomic E-state index is 0.104. The number of carbonyl (C=O) groups excluding carboxylic acids is 1. The average molecular weight is 308 g/mol. The first kappa shape index (κ1) is 14.8. The van der Waals surface area contributed by atoms with Crippen molar-refractivity contribution in [2.45, 2.75) is 64.6 Å². The number of carbonyl (C=O) groups is 1. The van der Waals surface area contributed by atoms with Crippen molar-refractivity contribution in [2.75, 3.05) is 0 Å². The van der Waals surface area contributed by atoms with Crippen molar-refractivity contribution in [2.24, 2.45) is 5.41 Å². The van der Waals surface area contributed by atoms with Crippen LogP contribution in [0.25, 0.3) is 0 Å². The van der Waals surface area contributed by atoms with Crippen molar-refractivity contribution in [1.29, 1.82) is 0 Å². The van der Waals surface area contributed by atoms with Gasteiger partial charge in [0.15, 0.2) is 14.1 Å². The molecule has 0 bridgehead atoms. The zero-order valence-electron chi connectivity index (χ0n) is 13.6. The molecule has 0 amide bonds. The molecule has 0 N–H and O–H groups in total. The molecule has 1 aliphatic carbocycles. The van der Waals surface area contributed by atoms with Crippen LogP contribution < -0.4 is 0 Å². The van der Waals surface area contributed by atoms with E-state index in [4.69, 9.17) is 13.9 Å². The minimum Gasteiger partial charge on any atom is -0.461 e. The van der Waals surface area contributed by atoms with Crippen LogP contribution in [0.3, 0.4) is 0 Å². The number of ether oxygens (including phenoxy) is 2. The topological polar surface area (TPSA) is 44.8 Å². The van der Waals surface area contributed by atoms with Crippen molar-refractivity contribution in [3.8, 4) is 0 Å². The molecule has 5 heteroatoms. The molecule has 21 heavy (non-hydrogen) atoms. The van der Waals surface area contributed by atoms with Gasteiger partial charge in [-0.1, -0.05) is 20.8 Å². The maximum Gasteiger partial charge on any atom is 0.255 e. The summed E-state index contributed by atoms with van der Waals surface area (Å²) in [6, 6.07) is 0. The van der Waals surface area contributed by atoms with Crippen LogP contribution in [0.5, 0.6) is 0 Å². The van der Waals surface area contributed by atoms with Crippen LogP contribution in [0.4, 0.5) is 0 Å². The van der Waals surface area contributed by atoms with Gasteiger partial charge in [0.05, 0.1) is 17.9 Å². The van der Waals surface area contributed by atoms with Crippen molar-refractivity contribution in [1.82, 2.24) is 0 Å². The lowest BCUT2D eigenvalue weighted by Crippen LogP contribution is -2.49. The van der Waals surface area contributed by atoms with Gasteiger partial charge in [0, 0.05) is 6.42 Å². The molecule has 3 aliphatic rings. The first-order valence-corrected chi connectivity index (χ1v) is 10.4. The molecule has 0 aromatic rings. The summed E-state index contributed by atoms with van der Waals surface area (Å²) >= 11 is 0. The summed E-state index contributed by atoms with van der Waals surface area (Å²) in [7, 11) is -1.97. The maximum absolute atomic E-state index is 12.5. The number of rotatable bonds is 2. The van der Waals surface area contributed by atoms with Crippen LogP contribution in [0.1, 0.15) is 34.1 Å². The summed E-state index contributed by atoms with van der Waals surface area (Å²) in [6.45, 7) is 12.9. The summed E-state index contributed by atoms with van der Waals surface area (Å²) in [5.74, 6) is 0.824. The molecule has 0 aromatic carbocycles. The average Bonchev–Trinajstić information content (AvgIpc) is 2.88. The van der Waals surface area contributed by atoms with Crippen LogP contribution in [0.2, 0.25) is 18.1 Å². The summed E-state index contributed by atoms with van der Waals surface area (Å²) < 4.78 is 17.9. The third kappa shape index (κ3) is 1.86.